The number of nitrogens with zero attached hydrogens (tertiary/aromatic N) is 2. The third-order valence-electron chi connectivity index (χ3n) is 4.43. The van der Waals surface area contributed by atoms with Crippen LogP contribution in [0.2, 0.25) is 0 Å². The van der Waals surface area contributed by atoms with Gasteiger partial charge >= 0.3 is 0 Å². The van der Waals surface area contributed by atoms with Crippen molar-refractivity contribution in [3.8, 4) is 0 Å². The first-order chi connectivity index (χ1) is 9.19. The Morgan fingerprint density at radius 3 is 2.68 bits per heavy atom. The molecule has 0 bridgehead atoms. The van der Waals surface area contributed by atoms with Crippen molar-refractivity contribution >= 4 is 0 Å². The van der Waals surface area contributed by atoms with Gasteiger partial charge in [0.1, 0.15) is 5.82 Å². The molecule has 3 heteroatoms. The zero-order valence-electron chi connectivity index (χ0n) is 13.0. The van der Waals surface area contributed by atoms with Gasteiger partial charge in [-0.25, -0.2) is 4.98 Å². The minimum absolute atomic E-state index is 0.505. The largest absolute Gasteiger partial charge is 0.328 e. The van der Waals surface area contributed by atoms with E-state index in [0.29, 0.717) is 12.1 Å². The maximum atomic E-state index is 4.80. The third-order valence-corrected chi connectivity index (χ3v) is 4.43. The van der Waals surface area contributed by atoms with Crippen LogP contribution in [-0.2, 0) is 12.8 Å². The second-order valence-electron chi connectivity index (χ2n) is 5.84. The Bertz CT molecular complexity index is 408. The zero-order valence-corrected chi connectivity index (χ0v) is 13.0. The predicted molar refractivity (Wildman–Crippen MR) is 80.7 cm³/mol. The van der Waals surface area contributed by atoms with Crippen LogP contribution in [0.4, 0.5) is 0 Å². The average molecular weight is 263 g/mol. The van der Waals surface area contributed by atoms with Gasteiger partial charge in [0.2, 0.25) is 0 Å². The lowest BCUT2D eigenvalue weighted by Gasteiger charge is -2.28. The van der Waals surface area contributed by atoms with Gasteiger partial charge < -0.3 is 9.88 Å². The van der Waals surface area contributed by atoms with Crippen molar-refractivity contribution in [2.75, 3.05) is 6.54 Å². The molecule has 1 N–H and O–H groups in total. The summed E-state index contributed by atoms with van der Waals surface area (Å²) in [6.07, 6.45) is 7.39. The molecule has 2 rings (SSSR count). The molecule has 0 aliphatic heterocycles. The van der Waals surface area contributed by atoms with Crippen molar-refractivity contribution in [1.29, 1.82) is 0 Å². The van der Waals surface area contributed by atoms with Gasteiger partial charge in [0.05, 0.1) is 5.69 Å². The molecular weight excluding hydrogens is 234 g/mol. The van der Waals surface area contributed by atoms with Gasteiger partial charge in [0.25, 0.3) is 0 Å². The molecule has 0 amide bonds. The molecule has 0 spiro atoms. The van der Waals surface area contributed by atoms with Crippen LogP contribution in [0.3, 0.4) is 0 Å². The quantitative estimate of drug-likeness (QED) is 0.852. The normalized spacial score (nSPS) is 18.1. The monoisotopic (exact) mass is 263 g/mol. The molecule has 1 aliphatic carbocycles. The summed E-state index contributed by atoms with van der Waals surface area (Å²) in [5.41, 5.74) is 2.87. The van der Waals surface area contributed by atoms with E-state index in [1.807, 2.05) is 0 Å². The molecular formula is C16H29N3. The summed E-state index contributed by atoms with van der Waals surface area (Å²) in [6, 6.07) is 1.06. The summed E-state index contributed by atoms with van der Waals surface area (Å²) < 4.78 is 2.51. The molecule has 1 aromatic rings. The Hall–Kier alpha value is -0.830. The van der Waals surface area contributed by atoms with Gasteiger partial charge in [-0.2, -0.15) is 0 Å². The van der Waals surface area contributed by atoms with Crippen LogP contribution in [0.15, 0.2) is 0 Å². The van der Waals surface area contributed by atoms with E-state index in [1.54, 1.807) is 0 Å². The lowest BCUT2D eigenvalue weighted by atomic mass is 9.99. The van der Waals surface area contributed by atoms with E-state index in [9.17, 15) is 0 Å². The average Bonchev–Trinajstić information content (AvgIpc) is 2.75. The first-order valence-electron chi connectivity index (χ1n) is 7.99. The van der Waals surface area contributed by atoms with Gasteiger partial charge in [0.15, 0.2) is 0 Å². The Morgan fingerprint density at radius 1 is 1.26 bits per heavy atom. The zero-order chi connectivity index (χ0) is 13.8. The molecule has 2 unspecified atom stereocenters. The third kappa shape index (κ3) is 3.02. The van der Waals surface area contributed by atoms with E-state index in [0.717, 1.165) is 6.54 Å². The Balaban J connectivity index is 2.22. The topological polar surface area (TPSA) is 29.9 Å². The first-order valence-corrected chi connectivity index (χ1v) is 7.99. The molecule has 1 aliphatic rings. The van der Waals surface area contributed by atoms with Crippen molar-refractivity contribution < 1.29 is 0 Å². The van der Waals surface area contributed by atoms with Crippen molar-refractivity contribution in [2.45, 2.75) is 78.3 Å². The fourth-order valence-corrected chi connectivity index (χ4v) is 3.40. The highest BCUT2D eigenvalue weighted by atomic mass is 15.1. The minimum atomic E-state index is 0.505. The molecule has 1 heterocycles. The number of hydrogen-bond acceptors (Lipinski definition) is 2. The highest BCUT2D eigenvalue weighted by molar-refractivity contribution is 5.21. The highest BCUT2D eigenvalue weighted by Crippen LogP contribution is 2.27. The lowest BCUT2D eigenvalue weighted by molar-refractivity contribution is 0.348. The van der Waals surface area contributed by atoms with Crippen LogP contribution in [0.1, 0.15) is 69.7 Å². The summed E-state index contributed by atoms with van der Waals surface area (Å²) >= 11 is 0. The Labute approximate surface area is 117 Å². The van der Waals surface area contributed by atoms with Crippen LogP contribution in [0.25, 0.3) is 0 Å². The Morgan fingerprint density at radius 2 is 2.00 bits per heavy atom. The van der Waals surface area contributed by atoms with E-state index >= 15 is 0 Å². The molecule has 1 aromatic heterocycles. The van der Waals surface area contributed by atoms with Crippen molar-refractivity contribution in [1.82, 2.24) is 14.9 Å². The van der Waals surface area contributed by atoms with Crippen LogP contribution >= 0.6 is 0 Å². The SMILES string of the molecule is CCCNC(CC)C(C)n1c(C)nc2c1CCCC2. The number of rotatable bonds is 6. The standard InChI is InChI=1S/C16H29N3/c1-5-11-17-14(6-2)12(3)19-13(4)18-15-9-7-8-10-16(15)19/h12,14,17H,5-11H2,1-4H3. The maximum Gasteiger partial charge on any atom is 0.106 e. The maximum absolute atomic E-state index is 4.80. The Kier molecular flexibility index (Phi) is 5.03. The molecule has 0 saturated carbocycles. The van der Waals surface area contributed by atoms with Crippen molar-refractivity contribution in [3.63, 3.8) is 0 Å². The van der Waals surface area contributed by atoms with Gasteiger partial charge in [-0.1, -0.05) is 13.8 Å². The predicted octanol–water partition coefficient (Wildman–Crippen LogP) is 3.41. The number of imidazole rings is 1. The smallest absolute Gasteiger partial charge is 0.106 e. The van der Waals surface area contributed by atoms with Gasteiger partial charge in [-0.05, 0) is 58.9 Å². The molecule has 108 valence electrons. The second-order valence-corrected chi connectivity index (χ2v) is 5.84. The number of aryl methyl sites for hydroxylation is 2. The minimum Gasteiger partial charge on any atom is -0.328 e. The summed E-state index contributed by atoms with van der Waals surface area (Å²) in [5, 5.41) is 3.69. The molecule has 3 nitrogen and oxygen atoms in total. The summed E-state index contributed by atoms with van der Waals surface area (Å²) in [7, 11) is 0. The number of fused-ring (bicyclic) bond motifs is 1. The van der Waals surface area contributed by atoms with Crippen molar-refractivity contribution in [3.05, 3.63) is 17.2 Å². The number of nitrogens with one attached hydrogen (secondary N) is 1. The van der Waals surface area contributed by atoms with Crippen LogP contribution < -0.4 is 5.32 Å². The molecule has 19 heavy (non-hydrogen) atoms. The van der Waals surface area contributed by atoms with Crippen LogP contribution in [0, 0.1) is 6.92 Å². The van der Waals surface area contributed by atoms with E-state index in [2.05, 4.69) is 37.6 Å². The van der Waals surface area contributed by atoms with Gasteiger partial charge in [-0.15, -0.1) is 0 Å². The fourth-order valence-electron chi connectivity index (χ4n) is 3.40. The van der Waals surface area contributed by atoms with E-state index in [1.165, 1.54) is 55.7 Å². The van der Waals surface area contributed by atoms with Crippen LogP contribution in [-0.4, -0.2) is 22.1 Å². The van der Waals surface area contributed by atoms with Gasteiger partial charge in [-0.3, -0.25) is 0 Å². The molecule has 0 radical (unpaired) electrons. The van der Waals surface area contributed by atoms with E-state index in [4.69, 9.17) is 4.98 Å². The molecule has 0 fully saturated rings. The van der Waals surface area contributed by atoms with Crippen molar-refractivity contribution in [2.24, 2.45) is 0 Å². The van der Waals surface area contributed by atoms with E-state index in [-0.39, 0.29) is 0 Å². The summed E-state index contributed by atoms with van der Waals surface area (Å²) in [4.78, 5) is 4.80. The fraction of sp³-hybridized carbons (Fsp3) is 0.812. The number of aromatic nitrogens is 2. The molecule has 2 atom stereocenters. The number of hydrogen-bond donors (Lipinski definition) is 1. The molecule has 0 saturated heterocycles. The highest BCUT2D eigenvalue weighted by Gasteiger charge is 2.24. The van der Waals surface area contributed by atoms with Gasteiger partial charge in [0, 0.05) is 17.8 Å². The van der Waals surface area contributed by atoms with Crippen LogP contribution in [0.5, 0.6) is 0 Å². The van der Waals surface area contributed by atoms with E-state index < -0.39 is 0 Å². The summed E-state index contributed by atoms with van der Waals surface area (Å²) in [6.45, 7) is 10.1. The second kappa shape index (κ2) is 6.56. The molecule has 0 aromatic carbocycles. The summed E-state index contributed by atoms with van der Waals surface area (Å²) in [5.74, 6) is 1.20. The lowest BCUT2D eigenvalue weighted by Crippen LogP contribution is -2.37. The first kappa shape index (κ1) is 14.6.